The van der Waals surface area contributed by atoms with Gasteiger partial charge in [-0.15, -0.1) is 13.2 Å². The normalized spacial score (nSPS) is 12.0. The molecule has 0 aliphatic rings. The van der Waals surface area contributed by atoms with Crippen LogP contribution in [0.25, 0.3) is 0 Å². The summed E-state index contributed by atoms with van der Waals surface area (Å²) in [4.78, 5) is 11.6. The number of amides is 1. The van der Waals surface area contributed by atoms with Gasteiger partial charge in [0, 0.05) is 10.0 Å². The Bertz CT molecular complexity index is 513. The average molecular weight is 369 g/mol. The van der Waals surface area contributed by atoms with Crippen LogP contribution in [0.2, 0.25) is 0 Å². The van der Waals surface area contributed by atoms with Crippen molar-refractivity contribution in [3.63, 3.8) is 0 Å². The van der Waals surface area contributed by atoms with E-state index in [0.29, 0.717) is 4.47 Å². The van der Waals surface area contributed by atoms with Gasteiger partial charge in [-0.1, -0.05) is 15.9 Å². The van der Waals surface area contributed by atoms with Gasteiger partial charge >= 0.3 is 6.36 Å². The van der Waals surface area contributed by atoms with Crippen LogP contribution >= 0.6 is 15.9 Å². The van der Waals surface area contributed by atoms with Gasteiger partial charge in [-0.05, 0) is 39.0 Å². The molecular weight excluding hydrogens is 353 g/mol. The molecule has 1 aromatic rings. The number of nitrogens with one attached hydrogen (secondary N) is 2. The van der Waals surface area contributed by atoms with E-state index in [2.05, 4.69) is 31.3 Å². The van der Waals surface area contributed by atoms with Crippen molar-refractivity contribution in [3.05, 3.63) is 22.7 Å². The number of carbonyl (C=O) groups is 1. The van der Waals surface area contributed by atoms with E-state index in [1.54, 1.807) is 6.07 Å². The minimum atomic E-state index is -4.80. The van der Waals surface area contributed by atoms with Gasteiger partial charge in [-0.2, -0.15) is 0 Å². The second-order valence-corrected chi connectivity index (χ2v) is 6.26. The fourth-order valence-corrected chi connectivity index (χ4v) is 1.83. The second-order valence-electron chi connectivity index (χ2n) is 5.34. The summed E-state index contributed by atoms with van der Waals surface area (Å²) >= 11 is 3.07. The molecule has 2 N–H and O–H groups in total. The molecule has 0 aliphatic carbocycles. The smallest absolute Gasteiger partial charge is 0.404 e. The van der Waals surface area contributed by atoms with Crippen molar-refractivity contribution >= 4 is 27.5 Å². The first-order chi connectivity index (χ1) is 9.46. The van der Waals surface area contributed by atoms with Crippen molar-refractivity contribution in [2.75, 3.05) is 11.9 Å². The molecule has 0 fully saturated rings. The van der Waals surface area contributed by atoms with E-state index in [9.17, 15) is 18.0 Å². The van der Waals surface area contributed by atoms with Crippen LogP contribution < -0.4 is 15.4 Å². The Morgan fingerprint density at radius 3 is 2.43 bits per heavy atom. The minimum absolute atomic E-state index is 0.0829. The summed E-state index contributed by atoms with van der Waals surface area (Å²) in [6, 6.07) is 4.13. The van der Waals surface area contributed by atoms with Gasteiger partial charge in [0.2, 0.25) is 5.91 Å². The van der Waals surface area contributed by atoms with Gasteiger partial charge in [-0.3, -0.25) is 4.79 Å². The lowest BCUT2D eigenvalue weighted by Crippen LogP contribution is -2.43. The van der Waals surface area contributed by atoms with E-state index >= 15 is 0 Å². The quantitative estimate of drug-likeness (QED) is 0.852. The third kappa shape index (κ3) is 7.22. The van der Waals surface area contributed by atoms with E-state index in [1.165, 1.54) is 12.1 Å². The van der Waals surface area contributed by atoms with E-state index in [4.69, 9.17) is 0 Å². The zero-order chi connectivity index (χ0) is 16.3. The third-order valence-corrected chi connectivity index (χ3v) is 2.62. The van der Waals surface area contributed by atoms with Crippen molar-refractivity contribution in [1.82, 2.24) is 5.32 Å². The zero-order valence-electron chi connectivity index (χ0n) is 11.8. The number of hydrogen-bond donors (Lipinski definition) is 2. The highest BCUT2D eigenvalue weighted by Crippen LogP contribution is 2.32. The van der Waals surface area contributed by atoms with Crippen LogP contribution in [0.5, 0.6) is 5.75 Å². The average Bonchev–Trinajstić information content (AvgIpc) is 2.23. The molecule has 1 amide bonds. The maximum atomic E-state index is 12.3. The van der Waals surface area contributed by atoms with E-state index in [1.807, 2.05) is 20.8 Å². The molecule has 0 aromatic heterocycles. The highest BCUT2D eigenvalue weighted by molar-refractivity contribution is 9.10. The third-order valence-electron chi connectivity index (χ3n) is 2.12. The van der Waals surface area contributed by atoms with Crippen LogP contribution in [0.4, 0.5) is 18.9 Å². The molecule has 1 aromatic carbocycles. The second kappa shape index (κ2) is 6.55. The lowest BCUT2D eigenvalue weighted by molar-refractivity contribution is -0.274. The minimum Gasteiger partial charge on any atom is -0.404 e. The van der Waals surface area contributed by atoms with Crippen molar-refractivity contribution in [2.45, 2.75) is 32.7 Å². The SMILES string of the molecule is CC(C)(C)NC(=O)CNc1ccc(Br)cc1OC(F)(F)F. The Hall–Kier alpha value is -1.44. The van der Waals surface area contributed by atoms with E-state index in [-0.39, 0.29) is 18.1 Å². The first kappa shape index (κ1) is 17.6. The maximum absolute atomic E-state index is 12.3. The maximum Gasteiger partial charge on any atom is 0.573 e. The van der Waals surface area contributed by atoms with Crippen LogP contribution in [-0.2, 0) is 4.79 Å². The number of hydrogen-bond acceptors (Lipinski definition) is 3. The molecule has 0 bridgehead atoms. The highest BCUT2D eigenvalue weighted by Gasteiger charge is 2.32. The number of anilines is 1. The molecule has 118 valence electrons. The first-order valence-corrected chi connectivity index (χ1v) is 6.86. The van der Waals surface area contributed by atoms with Crippen LogP contribution in [0, 0.1) is 0 Å². The van der Waals surface area contributed by atoms with E-state index < -0.39 is 17.7 Å². The Morgan fingerprint density at radius 1 is 1.29 bits per heavy atom. The Balaban J connectivity index is 2.77. The largest absolute Gasteiger partial charge is 0.573 e. The molecule has 0 atom stereocenters. The summed E-state index contributed by atoms with van der Waals surface area (Å²) in [5.41, 5.74) is -0.330. The monoisotopic (exact) mass is 368 g/mol. The molecule has 0 radical (unpaired) electrons. The Morgan fingerprint density at radius 2 is 1.90 bits per heavy atom. The predicted octanol–water partition coefficient (Wildman–Crippen LogP) is 3.67. The number of halogens is 4. The van der Waals surface area contributed by atoms with Crippen LogP contribution in [0.1, 0.15) is 20.8 Å². The summed E-state index contributed by atoms with van der Waals surface area (Å²) in [6.07, 6.45) is -4.80. The molecule has 4 nitrogen and oxygen atoms in total. The summed E-state index contributed by atoms with van der Waals surface area (Å²) in [5, 5.41) is 5.32. The lowest BCUT2D eigenvalue weighted by atomic mass is 10.1. The van der Waals surface area contributed by atoms with E-state index in [0.717, 1.165) is 0 Å². The van der Waals surface area contributed by atoms with Gasteiger partial charge in [-0.25, -0.2) is 0 Å². The highest BCUT2D eigenvalue weighted by atomic mass is 79.9. The lowest BCUT2D eigenvalue weighted by Gasteiger charge is -2.21. The first-order valence-electron chi connectivity index (χ1n) is 6.06. The molecule has 0 unspecified atom stereocenters. The fourth-order valence-electron chi connectivity index (χ4n) is 1.49. The van der Waals surface area contributed by atoms with Crippen LogP contribution in [0.15, 0.2) is 22.7 Å². The van der Waals surface area contributed by atoms with Crippen LogP contribution in [0.3, 0.4) is 0 Å². The molecule has 0 saturated heterocycles. The van der Waals surface area contributed by atoms with Gasteiger partial charge in [0.05, 0.1) is 12.2 Å². The molecule has 0 heterocycles. The molecule has 8 heteroatoms. The number of ether oxygens (including phenoxy) is 1. The van der Waals surface area contributed by atoms with Gasteiger partial charge < -0.3 is 15.4 Å². The molecular formula is C13H16BrF3N2O2. The van der Waals surface area contributed by atoms with Gasteiger partial charge in [0.25, 0.3) is 0 Å². The summed E-state index contributed by atoms with van der Waals surface area (Å²) in [6.45, 7) is 5.27. The van der Waals surface area contributed by atoms with Crippen molar-refractivity contribution in [2.24, 2.45) is 0 Å². The molecule has 1 rings (SSSR count). The number of rotatable bonds is 4. The number of alkyl halides is 3. The summed E-state index contributed by atoms with van der Waals surface area (Å²) in [7, 11) is 0. The van der Waals surface area contributed by atoms with Gasteiger partial charge in [0.15, 0.2) is 5.75 Å². The van der Waals surface area contributed by atoms with Crippen molar-refractivity contribution in [1.29, 1.82) is 0 Å². The number of benzene rings is 1. The molecule has 0 saturated carbocycles. The standard InChI is InChI=1S/C13H16BrF3N2O2/c1-12(2,3)19-11(20)7-18-9-5-4-8(14)6-10(9)21-13(15,16)17/h4-6,18H,7H2,1-3H3,(H,19,20). The van der Waals surface area contributed by atoms with Crippen molar-refractivity contribution < 1.29 is 22.7 Å². The Kier molecular flexibility index (Phi) is 5.49. The molecule has 21 heavy (non-hydrogen) atoms. The van der Waals surface area contributed by atoms with Gasteiger partial charge in [0.1, 0.15) is 0 Å². The molecule has 0 spiro atoms. The summed E-state index contributed by atoms with van der Waals surface area (Å²) in [5.74, 6) is -0.733. The predicted molar refractivity (Wildman–Crippen MR) is 77.2 cm³/mol. The topological polar surface area (TPSA) is 50.4 Å². The Labute approximate surface area is 129 Å². The van der Waals surface area contributed by atoms with Crippen LogP contribution in [-0.4, -0.2) is 24.4 Å². The number of carbonyl (C=O) groups excluding carboxylic acids is 1. The molecule has 0 aliphatic heterocycles. The van der Waals surface area contributed by atoms with Crippen molar-refractivity contribution in [3.8, 4) is 5.75 Å². The fraction of sp³-hybridized carbons (Fsp3) is 0.462. The zero-order valence-corrected chi connectivity index (χ0v) is 13.4. The summed E-state index contributed by atoms with van der Waals surface area (Å²) < 4.78 is 41.3.